The summed E-state index contributed by atoms with van der Waals surface area (Å²) in [7, 11) is 1.76. The molecule has 0 bridgehead atoms. The van der Waals surface area contributed by atoms with Gasteiger partial charge in [-0.25, -0.2) is 0 Å². The van der Waals surface area contributed by atoms with Crippen molar-refractivity contribution in [1.29, 1.82) is 0 Å². The van der Waals surface area contributed by atoms with Crippen LogP contribution in [-0.4, -0.2) is 28.9 Å². The monoisotopic (exact) mass is 207 g/mol. The molecule has 0 fully saturated rings. The van der Waals surface area contributed by atoms with E-state index in [0.717, 1.165) is 5.56 Å². The van der Waals surface area contributed by atoms with Crippen molar-refractivity contribution in [3.63, 3.8) is 0 Å². The predicted octanol–water partition coefficient (Wildman–Crippen LogP) is 0.777. The lowest BCUT2D eigenvalue weighted by Crippen LogP contribution is -2.40. The number of nitrogens with two attached hydrogens (primary N) is 1. The lowest BCUT2D eigenvalue weighted by molar-refractivity contribution is -0.131. The highest BCUT2D eigenvalue weighted by Crippen LogP contribution is 2.03. The minimum atomic E-state index is -0.392. The number of carbonyl (C=O) groups excluding carboxylic acids is 1. The lowest BCUT2D eigenvalue weighted by atomic mass is 10.2. The maximum atomic E-state index is 11.7. The van der Waals surface area contributed by atoms with E-state index in [4.69, 9.17) is 5.73 Å². The minimum Gasteiger partial charge on any atom is -0.340 e. The second-order valence-corrected chi connectivity index (χ2v) is 3.56. The summed E-state index contributed by atoms with van der Waals surface area (Å²) in [6.45, 7) is 2.48. The molecule has 15 heavy (non-hydrogen) atoms. The van der Waals surface area contributed by atoms with Gasteiger partial charge in [0, 0.05) is 26.0 Å². The maximum Gasteiger partial charge on any atom is 0.239 e. The highest BCUT2D eigenvalue weighted by Gasteiger charge is 2.15. The third-order valence-corrected chi connectivity index (χ3v) is 2.30. The molecule has 0 spiro atoms. The van der Waals surface area contributed by atoms with Crippen molar-refractivity contribution in [3.8, 4) is 0 Å². The first kappa shape index (κ1) is 11.7. The van der Waals surface area contributed by atoms with Gasteiger partial charge in [0.1, 0.15) is 0 Å². The van der Waals surface area contributed by atoms with Crippen LogP contribution in [0.3, 0.4) is 0 Å². The molecule has 2 N–H and O–H groups in total. The van der Waals surface area contributed by atoms with Gasteiger partial charge in [-0.1, -0.05) is 6.92 Å². The zero-order chi connectivity index (χ0) is 11.3. The molecule has 0 saturated heterocycles. The largest absolute Gasteiger partial charge is 0.340 e. The van der Waals surface area contributed by atoms with Crippen molar-refractivity contribution in [3.05, 3.63) is 30.1 Å². The van der Waals surface area contributed by atoms with E-state index in [-0.39, 0.29) is 5.91 Å². The second-order valence-electron chi connectivity index (χ2n) is 3.56. The van der Waals surface area contributed by atoms with E-state index in [1.165, 1.54) is 0 Å². The van der Waals surface area contributed by atoms with Crippen molar-refractivity contribution in [2.75, 3.05) is 7.05 Å². The smallest absolute Gasteiger partial charge is 0.239 e. The number of hydrogen-bond donors (Lipinski definition) is 1. The Hall–Kier alpha value is -1.42. The van der Waals surface area contributed by atoms with E-state index in [1.807, 2.05) is 19.1 Å². The summed E-state index contributed by atoms with van der Waals surface area (Å²) in [5.41, 5.74) is 6.73. The summed E-state index contributed by atoms with van der Waals surface area (Å²) in [4.78, 5) is 17.2. The van der Waals surface area contributed by atoms with Crippen molar-refractivity contribution in [1.82, 2.24) is 9.88 Å². The van der Waals surface area contributed by atoms with Gasteiger partial charge in [-0.3, -0.25) is 9.78 Å². The average molecular weight is 207 g/mol. The van der Waals surface area contributed by atoms with Gasteiger partial charge < -0.3 is 10.6 Å². The second kappa shape index (κ2) is 5.46. The molecule has 1 aromatic heterocycles. The van der Waals surface area contributed by atoms with E-state index in [2.05, 4.69) is 4.98 Å². The van der Waals surface area contributed by atoms with Crippen LogP contribution >= 0.6 is 0 Å². The predicted molar refractivity (Wildman–Crippen MR) is 59.0 cm³/mol. The summed E-state index contributed by atoms with van der Waals surface area (Å²) in [5.74, 6) is -0.0192. The van der Waals surface area contributed by atoms with Gasteiger partial charge in [0.05, 0.1) is 6.04 Å². The van der Waals surface area contributed by atoms with Gasteiger partial charge in [-0.2, -0.15) is 0 Å². The number of aromatic nitrogens is 1. The number of rotatable bonds is 4. The Morgan fingerprint density at radius 3 is 2.67 bits per heavy atom. The standard InChI is InChI=1S/C11H17N3O/c1-3-10(12)11(15)14(2)8-9-4-6-13-7-5-9/h4-7,10H,3,8,12H2,1-2H3/t10-/m1/s1. The maximum absolute atomic E-state index is 11.7. The molecule has 82 valence electrons. The van der Waals surface area contributed by atoms with Gasteiger partial charge >= 0.3 is 0 Å². The Balaban J connectivity index is 2.56. The number of amides is 1. The zero-order valence-corrected chi connectivity index (χ0v) is 9.18. The molecule has 0 radical (unpaired) electrons. The molecule has 0 aromatic carbocycles. The molecule has 1 rings (SSSR count). The molecule has 0 aliphatic rings. The summed E-state index contributed by atoms with van der Waals surface area (Å²) >= 11 is 0. The van der Waals surface area contributed by atoms with Crippen LogP contribution in [0.15, 0.2) is 24.5 Å². The first-order valence-corrected chi connectivity index (χ1v) is 5.04. The molecule has 1 atom stereocenters. The molecular formula is C11H17N3O. The van der Waals surface area contributed by atoms with Crippen molar-refractivity contribution < 1.29 is 4.79 Å². The molecule has 1 aromatic rings. The fourth-order valence-electron chi connectivity index (χ4n) is 1.30. The van der Waals surface area contributed by atoms with E-state index in [1.54, 1.807) is 24.3 Å². The molecule has 0 saturated carbocycles. The number of hydrogen-bond acceptors (Lipinski definition) is 3. The van der Waals surface area contributed by atoms with E-state index < -0.39 is 6.04 Å². The van der Waals surface area contributed by atoms with Crippen LogP contribution in [0.25, 0.3) is 0 Å². The van der Waals surface area contributed by atoms with Crippen LogP contribution < -0.4 is 5.73 Å². The van der Waals surface area contributed by atoms with Crippen molar-refractivity contribution in [2.24, 2.45) is 5.73 Å². The van der Waals surface area contributed by atoms with Gasteiger partial charge in [0.2, 0.25) is 5.91 Å². The van der Waals surface area contributed by atoms with E-state index in [9.17, 15) is 4.79 Å². The van der Waals surface area contributed by atoms with E-state index in [0.29, 0.717) is 13.0 Å². The Morgan fingerprint density at radius 1 is 1.53 bits per heavy atom. The van der Waals surface area contributed by atoms with Crippen LogP contribution in [-0.2, 0) is 11.3 Å². The molecule has 0 unspecified atom stereocenters. The Labute approximate surface area is 90.1 Å². The minimum absolute atomic E-state index is 0.0192. The molecule has 4 heteroatoms. The Morgan fingerprint density at radius 2 is 2.13 bits per heavy atom. The van der Waals surface area contributed by atoms with E-state index >= 15 is 0 Å². The molecule has 1 amide bonds. The fourth-order valence-corrected chi connectivity index (χ4v) is 1.30. The summed E-state index contributed by atoms with van der Waals surface area (Å²) in [5, 5.41) is 0. The number of nitrogens with zero attached hydrogens (tertiary/aromatic N) is 2. The summed E-state index contributed by atoms with van der Waals surface area (Å²) in [6, 6.07) is 3.39. The van der Waals surface area contributed by atoms with Crippen molar-refractivity contribution >= 4 is 5.91 Å². The topological polar surface area (TPSA) is 59.2 Å². The van der Waals surface area contributed by atoms with Crippen LogP contribution in [0.1, 0.15) is 18.9 Å². The quantitative estimate of drug-likeness (QED) is 0.793. The average Bonchev–Trinajstić information content (AvgIpc) is 2.28. The number of pyridine rings is 1. The first-order valence-electron chi connectivity index (χ1n) is 5.04. The summed E-state index contributed by atoms with van der Waals surface area (Å²) in [6.07, 6.45) is 4.10. The number of likely N-dealkylation sites (N-methyl/N-ethyl adjacent to an activating group) is 1. The van der Waals surface area contributed by atoms with Crippen LogP contribution in [0.2, 0.25) is 0 Å². The Kier molecular flexibility index (Phi) is 4.24. The van der Waals surface area contributed by atoms with Crippen LogP contribution in [0.4, 0.5) is 0 Å². The molecule has 1 heterocycles. The third kappa shape index (κ3) is 3.32. The highest BCUT2D eigenvalue weighted by atomic mass is 16.2. The van der Waals surface area contributed by atoms with Crippen LogP contribution in [0.5, 0.6) is 0 Å². The number of carbonyl (C=O) groups is 1. The molecule has 0 aliphatic heterocycles. The zero-order valence-electron chi connectivity index (χ0n) is 9.18. The van der Waals surface area contributed by atoms with Crippen molar-refractivity contribution in [2.45, 2.75) is 25.9 Å². The van der Waals surface area contributed by atoms with Gasteiger partial charge in [0.15, 0.2) is 0 Å². The third-order valence-electron chi connectivity index (χ3n) is 2.30. The summed E-state index contributed by atoms with van der Waals surface area (Å²) < 4.78 is 0. The van der Waals surface area contributed by atoms with Gasteiger partial charge in [0.25, 0.3) is 0 Å². The van der Waals surface area contributed by atoms with Gasteiger partial charge in [-0.15, -0.1) is 0 Å². The normalized spacial score (nSPS) is 12.2. The van der Waals surface area contributed by atoms with Crippen LogP contribution in [0, 0.1) is 0 Å². The molecular weight excluding hydrogens is 190 g/mol. The highest BCUT2D eigenvalue weighted by molar-refractivity contribution is 5.81. The Bertz CT molecular complexity index is 313. The first-order chi connectivity index (χ1) is 7.15. The fraction of sp³-hybridized carbons (Fsp3) is 0.455. The molecule has 4 nitrogen and oxygen atoms in total. The van der Waals surface area contributed by atoms with Gasteiger partial charge in [-0.05, 0) is 24.1 Å². The SMILES string of the molecule is CC[C@@H](N)C(=O)N(C)Cc1ccncc1. The lowest BCUT2D eigenvalue weighted by Gasteiger charge is -2.20. The molecule has 0 aliphatic carbocycles.